The van der Waals surface area contributed by atoms with E-state index in [9.17, 15) is 31.9 Å². The fourth-order valence-electron chi connectivity index (χ4n) is 4.92. The van der Waals surface area contributed by atoms with E-state index in [2.05, 4.69) is 36.2 Å². The fourth-order valence-corrected chi connectivity index (χ4v) is 5.05. The minimum Gasteiger partial charge on any atom is -0.454 e. The Balaban J connectivity index is 1.18. The van der Waals surface area contributed by atoms with Gasteiger partial charge in [-0.25, -0.2) is 4.39 Å². The number of carbonyl (C=O) groups is 3. The second-order valence-electron chi connectivity index (χ2n) is 13.0. The molecule has 1 aliphatic carbocycles. The molecule has 1 aromatic heterocycles. The van der Waals surface area contributed by atoms with Crippen LogP contribution < -0.4 is 30.9 Å². The molecule has 4 N–H and O–H groups in total. The Morgan fingerprint density at radius 2 is 1.48 bits per heavy atom. The van der Waals surface area contributed by atoms with E-state index < -0.39 is 53.3 Å². The van der Waals surface area contributed by atoms with Crippen LogP contribution in [-0.4, -0.2) is 65.6 Å². The van der Waals surface area contributed by atoms with Gasteiger partial charge >= 0.3 is 24.0 Å². The number of nitrogens with zero attached hydrogens (tertiary/aromatic N) is 4. The van der Waals surface area contributed by atoms with Crippen molar-refractivity contribution in [2.24, 2.45) is 5.41 Å². The Bertz CT molecular complexity index is 1910. The first-order valence-corrected chi connectivity index (χ1v) is 16.4. The molecule has 3 amide bonds. The van der Waals surface area contributed by atoms with E-state index in [1.54, 1.807) is 38.1 Å². The lowest BCUT2D eigenvalue weighted by molar-refractivity contribution is -0.154. The van der Waals surface area contributed by atoms with Gasteiger partial charge in [0.25, 0.3) is 5.91 Å². The fraction of sp³-hybridized carbons (Fsp3) is 0.314. The van der Waals surface area contributed by atoms with E-state index in [1.165, 1.54) is 43.4 Å². The van der Waals surface area contributed by atoms with Gasteiger partial charge in [-0.2, -0.15) is 28.1 Å². The molecule has 0 spiro atoms. The monoisotopic (exact) mass is 742 g/mol. The number of ether oxygens (including phenoxy) is 1. The average Bonchev–Trinajstić information content (AvgIpc) is 3.89. The highest BCUT2D eigenvalue weighted by Crippen LogP contribution is 2.48. The number of likely N-dealkylation sites (N-methyl/N-ethyl adjacent to an activating group) is 1. The molecule has 3 aromatic carbocycles. The summed E-state index contributed by atoms with van der Waals surface area (Å²) < 4.78 is 56.8. The first kappa shape index (κ1) is 37.7. The molecular formula is C35H35ClF4N8O4. The number of rotatable bonds is 13. The van der Waals surface area contributed by atoms with E-state index >= 15 is 0 Å². The zero-order valence-electron chi connectivity index (χ0n) is 28.3. The maximum absolute atomic E-state index is 13.2. The van der Waals surface area contributed by atoms with Crippen molar-refractivity contribution in [3.05, 3.63) is 94.8 Å². The van der Waals surface area contributed by atoms with Crippen molar-refractivity contribution in [1.29, 1.82) is 0 Å². The summed E-state index contributed by atoms with van der Waals surface area (Å²) >= 11 is 6.03. The Kier molecular flexibility index (Phi) is 11.2. The molecule has 274 valence electrons. The highest BCUT2D eigenvalue weighted by Gasteiger charge is 2.45. The van der Waals surface area contributed by atoms with Gasteiger partial charge < -0.3 is 30.9 Å². The topological polar surface area (TPSA) is 150 Å². The standard InChI is InChI=1S/C35H35ClF4N8O4/c1-33(2,19-42-28(50)29(51)48(3)26-14-10-24(37)11-15-26)18-41-27(49)21-4-12-25(13-5-21)43-30-44-31(46-32(45-30)52-20-35(38,39)40)47-34(16-17-34)22-6-8-23(36)9-7-22/h4-15H,16-20H2,1-3H3,(H,41,49)(H,42,50)(H2,43,44,45,46,47). The minimum absolute atomic E-state index is 0.00110. The summed E-state index contributed by atoms with van der Waals surface area (Å²) in [5, 5.41) is 12.1. The third-order valence-corrected chi connectivity index (χ3v) is 8.30. The third kappa shape index (κ3) is 10.3. The van der Waals surface area contributed by atoms with Gasteiger partial charge in [-0.3, -0.25) is 14.4 Å². The number of halogens is 5. The number of aromatic nitrogens is 3. The Labute approximate surface area is 301 Å². The van der Waals surface area contributed by atoms with Crippen LogP contribution in [0.1, 0.15) is 42.6 Å². The quantitative estimate of drug-likeness (QED) is 0.0958. The van der Waals surface area contributed by atoms with Crippen LogP contribution in [0.15, 0.2) is 72.8 Å². The molecule has 0 radical (unpaired) electrons. The summed E-state index contributed by atoms with van der Waals surface area (Å²) in [7, 11) is 1.40. The molecule has 17 heteroatoms. The predicted molar refractivity (Wildman–Crippen MR) is 186 cm³/mol. The lowest BCUT2D eigenvalue weighted by atomic mass is 9.93. The number of benzene rings is 3. The highest BCUT2D eigenvalue weighted by atomic mass is 35.5. The average molecular weight is 743 g/mol. The van der Waals surface area contributed by atoms with Gasteiger partial charge in [0.1, 0.15) is 5.82 Å². The molecule has 1 heterocycles. The summed E-state index contributed by atoms with van der Waals surface area (Å²) in [6.07, 6.45) is -3.16. The van der Waals surface area contributed by atoms with Gasteiger partial charge in [-0.1, -0.05) is 37.6 Å². The second kappa shape index (κ2) is 15.4. The van der Waals surface area contributed by atoms with Crippen molar-refractivity contribution < 1.29 is 36.7 Å². The molecule has 52 heavy (non-hydrogen) atoms. The molecular weight excluding hydrogens is 708 g/mol. The maximum atomic E-state index is 13.2. The summed E-state index contributed by atoms with van der Waals surface area (Å²) in [5.74, 6) is -2.67. The maximum Gasteiger partial charge on any atom is 0.422 e. The Hall–Kier alpha value is -5.51. The lowest BCUT2D eigenvalue weighted by Gasteiger charge is -2.26. The lowest BCUT2D eigenvalue weighted by Crippen LogP contribution is -2.47. The number of alkyl halides is 3. The van der Waals surface area contributed by atoms with Crippen LogP contribution >= 0.6 is 11.6 Å². The number of anilines is 4. The zero-order valence-corrected chi connectivity index (χ0v) is 29.0. The van der Waals surface area contributed by atoms with Gasteiger partial charge in [0, 0.05) is 42.1 Å². The molecule has 0 aliphatic heterocycles. The molecule has 1 aliphatic rings. The first-order valence-electron chi connectivity index (χ1n) is 16.0. The van der Waals surface area contributed by atoms with Gasteiger partial charge in [-0.05, 0) is 84.5 Å². The number of hydrogen-bond acceptors (Lipinski definition) is 9. The van der Waals surface area contributed by atoms with E-state index in [-0.39, 0.29) is 25.0 Å². The van der Waals surface area contributed by atoms with Crippen LogP contribution in [0.4, 0.5) is 40.8 Å². The Morgan fingerprint density at radius 3 is 2.10 bits per heavy atom. The Morgan fingerprint density at radius 1 is 0.865 bits per heavy atom. The number of hydrogen-bond donors (Lipinski definition) is 4. The zero-order chi connectivity index (χ0) is 37.7. The third-order valence-electron chi connectivity index (χ3n) is 8.05. The predicted octanol–water partition coefficient (Wildman–Crippen LogP) is 5.99. The van der Waals surface area contributed by atoms with Crippen molar-refractivity contribution in [2.45, 2.75) is 38.4 Å². The van der Waals surface area contributed by atoms with Crippen molar-refractivity contribution in [1.82, 2.24) is 25.6 Å². The number of nitrogens with one attached hydrogen (secondary N) is 4. The molecule has 0 saturated heterocycles. The van der Waals surface area contributed by atoms with Crippen LogP contribution in [0.25, 0.3) is 0 Å². The van der Waals surface area contributed by atoms with Gasteiger partial charge in [0.15, 0.2) is 6.61 Å². The second-order valence-corrected chi connectivity index (χ2v) is 13.4. The molecule has 1 fully saturated rings. The summed E-state index contributed by atoms with van der Waals surface area (Å²) in [4.78, 5) is 51.5. The van der Waals surface area contributed by atoms with Crippen LogP contribution in [0.2, 0.25) is 5.02 Å². The first-order chi connectivity index (χ1) is 24.5. The molecule has 0 unspecified atom stereocenters. The summed E-state index contributed by atoms with van der Waals surface area (Å²) in [6, 6.07) is 17.9. The smallest absolute Gasteiger partial charge is 0.422 e. The van der Waals surface area contributed by atoms with E-state index in [0.717, 1.165) is 23.3 Å². The van der Waals surface area contributed by atoms with Crippen LogP contribution in [-0.2, 0) is 15.1 Å². The van der Waals surface area contributed by atoms with Crippen LogP contribution in [0.5, 0.6) is 6.01 Å². The molecule has 1 saturated carbocycles. The molecule has 5 rings (SSSR count). The highest BCUT2D eigenvalue weighted by molar-refractivity contribution is 6.40. The van der Waals surface area contributed by atoms with E-state index in [4.69, 9.17) is 16.3 Å². The van der Waals surface area contributed by atoms with Gasteiger partial charge in [-0.15, -0.1) is 0 Å². The minimum atomic E-state index is -4.61. The SMILES string of the molecule is CN(C(=O)C(=O)NCC(C)(C)CNC(=O)c1ccc(Nc2nc(NC3(c4ccc(Cl)cc4)CC3)nc(OCC(F)(F)F)n2)cc1)c1ccc(F)cc1. The van der Waals surface area contributed by atoms with Crippen molar-refractivity contribution >= 4 is 52.6 Å². The van der Waals surface area contributed by atoms with Gasteiger partial charge in [0.2, 0.25) is 11.9 Å². The number of amides is 3. The van der Waals surface area contributed by atoms with Crippen LogP contribution in [0, 0.1) is 11.2 Å². The molecule has 0 atom stereocenters. The van der Waals surface area contributed by atoms with Crippen molar-refractivity contribution in [2.75, 3.05) is 42.3 Å². The largest absolute Gasteiger partial charge is 0.454 e. The summed E-state index contributed by atoms with van der Waals surface area (Å²) in [6.45, 7) is 2.20. The summed E-state index contributed by atoms with van der Waals surface area (Å²) in [5.41, 5.74) is 0.803. The number of carbonyl (C=O) groups excluding carboxylic acids is 3. The molecule has 4 aromatic rings. The molecule has 12 nitrogen and oxygen atoms in total. The van der Waals surface area contributed by atoms with E-state index in [0.29, 0.717) is 22.0 Å². The van der Waals surface area contributed by atoms with Gasteiger partial charge in [0.05, 0.1) is 5.54 Å². The van der Waals surface area contributed by atoms with Crippen molar-refractivity contribution in [3.63, 3.8) is 0 Å². The van der Waals surface area contributed by atoms with Crippen molar-refractivity contribution in [3.8, 4) is 6.01 Å². The normalized spacial score (nSPS) is 13.5. The van der Waals surface area contributed by atoms with Crippen LogP contribution in [0.3, 0.4) is 0 Å². The molecule has 0 bridgehead atoms. The van der Waals surface area contributed by atoms with E-state index in [1.807, 2.05) is 12.1 Å².